The number of para-hydroxylation sites is 2. The molecule has 0 fully saturated rings. The van der Waals surface area contributed by atoms with E-state index in [9.17, 15) is 9.90 Å². The van der Waals surface area contributed by atoms with Crippen LogP contribution in [0.4, 0.5) is 5.69 Å². The average Bonchev–Trinajstić information content (AvgIpc) is 2.75. The lowest BCUT2D eigenvalue weighted by Crippen LogP contribution is -2.05. The van der Waals surface area contributed by atoms with Crippen LogP contribution in [0.15, 0.2) is 66.7 Å². The quantitative estimate of drug-likeness (QED) is 0.501. The molecule has 0 saturated carbocycles. The third-order valence-electron chi connectivity index (χ3n) is 4.42. The van der Waals surface area contributed by atoms with Gasteiger partial charge in [-0.2, -0.15) is 4.98 Å². The third-order valence-corrected chi connectivity index (χ3v) is 4.42. The van der Waals surface area contributed by atoms with Crippen LogP contribution in [0.3, 0.4) is 0 Å². The predicted molar refractivity (Wildman–Crippen MR) is 114 cm³/mol. The number of phenols is 1. The van der Waals surface area contributed by atoms with E-state index in [1.807, 2.05) is 24.3 Å². The van der Waals surface area contributed by atoms with Gasteiger partial charge in [0.25, 0.3) is 0 Å². The average molecular weight is 401 g/mol. The molecule has 0 saturated heterocycles. The first-order valence-electron chi connectivity index (χ1n) is 9.24. The Morgan fingerprint density at radius 3 is 2.47 bits per heavy atom. The number of hydrogen-bond acceptors (Lipinski definition) is 6. The number of ether oxygens (including phenoxy) is 2. The molecule has 2 N–H and O–H groups in total. The van der Waals surface area contributed by atoms with Crippen molar-refractivity contribution in [2.24, 2.45) is 0 Å². The van der Waals surface area contributed by atoms with Crippen LogP contribution in [0.25, 0.3) is 22.3 Å². The molecular formula is C23H19N3O4. The number of methoxy groups -OCH3 is 1. The van der Waals surface area contributed by atoms with Crippen molar-refractivity contribution in [2.45, 2.75) is 6.92 Å². The topological polar surface area (TPSA) is 93.6 Å². The van der Waals surface area contributed by atoms with Gasteiger partial charge in [-0.15, -0.1) is 0 Å². The van der Waals surface area contributed by atoms with Gasteiger partial charge in [-0.1, -0.05) is 18.2 Å². The number of hydrogen-bond donors (Lipinski definition) is 2. The van der Waals surface area contributed by atoms with Gasteiger partial charge in [-0.25, -0.2) is 4.98 Å². The van der Waals surface area contributed by atoms with Crippen molar-refractivity contribution in [3.05, 3.63) is 66.7 Å². The number of rotatable bonds is 5. The molecule has 4 aromatic rings. The molecule has 0 unspecified atom stereocenters. The summed E-state index contributed by atoms with van der Waals surface area (Å²) < 4.78 is 11.2. The molecule has 30 heavy (non-hydrogen) atoms. The molecule has 1 amide bonds. The van der Waals surface area contributed by atoms with E-state index in [0.29, 0.717) is 40.0 Å². The monoisotopic (exact) mass is 401 g/mol. The first-order valence-corrected chi connectivity index (χ1v) is 9.24. The Morgan fingerprint density at radius 2 is 1.73 bits per heavy atom. The van der Waals surface area contributed by atoms with Crippen LogP contribution < -0.4 is 14.8 Å². The fraction of sp³-hybridized carbons (Fsp3) is 0.0870. The number of fused-ring (bicyclic) bond motifs is 1. The summed E-state index contributed by atoms with van der Waals surface area (Å²) in [6.07, 6.45) is 0. The second-order valence-electron chi connectivity index (χ2n) is 6.53. The number of nitrogens with zero attached hydrogens (tertiary/aromatic N) is 2. The van der Waals surface area contributed by atoms with Gasteiger partial charge in [-0.05, 0) is 48.5 Å². The van der Waals surface area contributed by atoms with Crippen molar-refractivity contribution in [3.8, 4) is 34.5 Å². The van der Waals surface area contributed by atoms with Crippen LogP contribution in [0.1, 0.15) is 6.92 Å². The summed E-state index contributed by atoms with van der Waals surface area (Å²) in [6, 6.07) is 19.6. The lowest BCUT2D eigenvalue weighted by Gasteiger charge is -2.12. The molecule has 3 aromatic carbocycles. The number of carbonyl (C=O) groups is 1. The van der Waals surface area contributed by atoms with Gasteiger partial charge in [0, 0.05) is 12.6 Å². The van der Waals surface area contributed by atoms with E-state index in [2.05, 4.69) is 15.3 Å². The molecule has 7 heteroatoms. The van der Waals surface area contributed by atoms with Crippen molar-refractivity contribution in [3.63, 3.8) is 0 Å². The van der Waals surface area contributed by atoms with Crippen LogP contribution in [-0.4, -0.2) is 28.1 Å². The number of carbonyl (C=O) groups excluding carboxylic acids is 1. The molecule has 1 heterocycles. The standard InChI is InChI=1S/C23H19N3O4/c1-14(27)24-15-10-12-16(13-11-15)30-23-17-6-3-4-8-19(17)25-22(26-23)18-7-5-9-20(29-2)21(18)28/h3-13,28H,1-2H3,(H,24,27). The normalized spacial score (nSPS) is 10.6. The number of amides is 1. The van der Waals surface area contributed by atoms with Gasteiger partial charge in [0.05, 0.1) is 23.6 Å². The highest BCUT2D eigenvalue weighted by Gasteiger charge is 2.16. The molecule has 0 aliphatic carbocycles. The maximum absolute atomic E-state index is 11.2. The zero-order chi connectivity index (χ0) is 21.1. The molecule has 0 atom stereocenters. The SMILES string of the molecule is COc1cccc(-c2nc(Oc3ccc(NC(C)=O)cc3)c3ccccc3n2)c1O. The molecule has 1 aromatic heterocycles. The van der Waals surface area contributed by atoms with E-state index in [1.54, 1.807) is 42.5 Å². The number of nitrogens with one attached hydrogen (secondary N) is 1. The molecule has 0 radical (unpaired) electrons. The highest BCUT2D eigenvalue weighted by Crippen LogP contribution is 2.37. The zero-order valence-corrected chi connectivity index (χ0v) is 16.4. The number of benzene rings is 3. The largest absolute Gasteiger partial charge is 0.504 e. The third kappa shape index (κ3) is 3.86. The van der Waals surface area contributed by atoms with Crippen LogP contribution in [0, 0.1) is 0 Å². The van der Waals surface area contributed by atoms with E-state index in [0.717, 1.165) is 5.39 Å². The lowest BCUT2D eigenvalue weighted by molar-refractivity contribution is -0.114. The van der Waals surface area contributed by atoms with Gasteiger partial charge in [-0.3, -0.25) is 4.79 Å². The van der Waals surface area contributed by atoms with E-state index >= 15 is 0 Å². The van der Waals surface area contributed by atoms with E-state index < -0.39 is 0 Å². The Hall–Kier alpha value is -4.13. The fourth-order valence-corrected chi connectivity index (χ4v) is 3.03. The predicted octanol–water partition coefficient (Wildman–Crippen LogP) is 4.76. The van der Waals surface area contributed by atoms with Gasteiger partial charge >= 0.3 is 0 Å². The Balaban J connectivity index is 1.77. The minimum absolute atomic E-state index is 0.0408. The smallest absolute Gasteiger partial charge is 0.230 e. The molecule has 150 valence electrons. The van der Waals surface area contributed by atoms with Gasteiger partial charge in [0.1, 0.15) is 5.75 Å². The van der Waals surface area contributed by atoms with Crippen molar-refractivity contribution in [2.75, 3.05) is 12.4 Å². The Labute approximate surface area is 172 Å². The first kappa shape index (κ1) is 19.2. The molecule has 0 spiro atoms. The second kappa shape index (κ2) is 8.08. The molecular weight excluding hydrogens is 382 g/mol. The molecule has 0 aliphatic rings. The second-order valence-corrected chi connectivity index (χ2v) is 6.53. The molecule has 4 rings (SSSR count). The fourth-order valence-electron chi connectivity index (χ4n) is 3.03. The summed E-state index contributed by atoms with van der Waals surface area (Å²) in [6.45, 7) is 1.45. The first-order chi connectivity index (χ1) is 14.5. The molecule has 0 aliphatic heterocycles. The number of aromatic hydroxyl groups is 1. The lowest BCUT2D eigenvalue weighted by atomic mass is 10.1. The highest BCUT2D eigenvalue weighted by atomic mass is 16.5. The number of anilines is 1. The Morgan fingerprint density at radius 1 is 0.967 bits per heavy atom. The van der Waals surface area contributed by atoms with Crippen LogP contribution in [0.5, 0.6) is 23.1 Å². The van der Waals surface area contributed by atoms with Gasteiger partial charge < -0.3 is 19.9 Å². The van der Waals surface area contributed by atoms with Crippen molar-refractivity contribution >= 4 is 22.5 Å². The molecule has 7 nitrogen and oxygen atoms in total. The summed E-state index contributed by atoms with van der Waals surface area (Å²) in [4.78, 5) is 20.3. The summed E-state index contributed by atoms with van der Waals surface area (Å²) in [5.41, 5.74) is 1.78. The van der Waals surface area contributed by atoms with Crippen molar-refractivity contribution < 1.29 is 19.4 Å². The van der Waals surface area contributed by atoms with E-state index in [4.69, 9.17) is 9.47 Å². The minimum atomic E-state index is -0.145. The highest BCUT2D eigenvalue weighted by molar-refractivity contribution is 5.89. The number of aromatic nitrogens is 2. The minimum Gasteiger partial charge on any atom is -0.504 e. The number of phenolic OH excluding ortho intramolecular Hbond substituents is 1. The van der Waals surface area contributed by atoms with Crippen LogP contribution in [0.2, 0.25) is 0 Å². The Kier molecular flexibility index (Phi) is 5.17. The summed E-state index contributed by atoms with van der Waals surface area (Å²) in [5.74, 6) is 1.36. The summed E-state index contributed by atoms with van der Waals surface area (Å²) in [7, 11) is 1.49. The van der Waals surface area contributed by atoms with Gasteiger partial charge in [0.2, 0.25) is 11.8 Å². The van der Waals surface area contributed by atoms with Crippen molar-refractivity contribution in [1.29, 1.82) is 0 Å². The molecule has 0 bridgehead atoms. The maximum atomic E-state index is 11.2. The van der Waals surface area contributed by atoms with Crippen molar-refractivity contribution in [1.82, 2.24) is 9.97 Å². The summed E-state index contributed by atoms with van der Waals surface area (Å²) >= 11 is 0. The van der Waals surface area contributed by atoms with E-state index in [-0.39, 0.29) is 11.7 Å². The Bertz CT molecular complexity index is 1220. The summed E-state index contributed by atoms with van der Waals surface area (Å²) in [5, 5.41) is 14.0. The zero-order valence-electron chi connectivity index (χ0n) is 16.4. The van der Waals surface area contributed by atoms with Crippen LogP contribution in [-0.2, 0) is 4.79 Å². The van der Waals surface area contributed by atoms with Gasteiger partial charge in [0.15, 0.2) is 17.3 Å². The maximum Gasteiger partial charge on any atom is 0.230 e. The van der Waals surface area contributed by atoms with Crippen LogP contribution >= 0.6 is 0 Å². The van der Waals surface area contributed by atoms with E-state index in [1.165, 1.54) is 14.0 Å².